The molecule has 1 aromatic carbocycles. The predicted molar refractivity (Wildman–Crippen MR) is 80.5 cm³/mol. The molecule has 1 saturated heterocycles. The molecule has 1 aliphatic heterocycles. The second-order valence-corrected chi connectivity index (χ2v) is 4.54. The van der Waals surface area contributed by atoms with Crippen molar-refractivity contribution >= 4 is 5.91 Å². The maximum absolute atomic E-state index is 12.3. The Morgan fingerprint density at radius 1 is 1.11 bits per heavy atom. The van der Waals surface area contributed by atoms with Crippen molar-refractivity contribution in [1.29, 1.82) is 0 Å². The second-order valence-electron chi connectivity index (χ2n) is 4.54. The summed E-state index contributed by atoms with van der Waals surface area (Å²) in [6, 6.07) is 7.82. The molecule has 0 radical (unpaired) electrons. The lowest BCUT2D eigenvalue weighted by atomic mass is 10.1. The molecule has 19 heavy (non-hydrogen) atoms. The molecule has 0 saturated carbocycles. The summed E-state index contributed by atoms with van der Waals surface area (Å²) in [7, 11) is 0. The summed E-state index contributed by atoms with van der Waals surface area (Å²) in [4.78, 5) is 16.7. The number of nitrogens with zero attached hydrogens (tertiary/aromatic N) is 2. The van der Waals surface area contributed by atoms with Crippen LogP contribution in [-0.4, -0.2) is 48.4 Å². The van der Waals surface area contributed by atoms with Crippen LogP contribution < -0.4 is 0 Å². The highest BCUT2D eigenvalue weighted by Gasteiger charge is 2.21. The minimum Gasteiger partial charge on any atom is -0.336 e. The Bertz CT molecular complexity index is 395. The third-order valence-electron chi connectivity index (χ3n) is 3.48. The van der Waals surface area contributed by atoms with E-state index in [1.54, 1.807) is 0 Å². The molecule has 0 atom stereocenters. The van der Waals surface area contributed by atoms with E-state index in [1.165, 1.54) is 0 Å². The molecule has 1 aromatic rings. The second kappa shape index (κ2) is 7.95. The number of likely N-dealkylation sites (N-methyl/N-ethyl adjacent to an activating group) is 1. The van der Waals surface area contributed by atoms with E-state index in [0.717, 1.165) is 43.9 Å². The highest BCUT2D eigenvalue weighted by Crippen LogP contribution is 2.12. The van der Waals surface area contributed by atoms with Crippen LogP contribution in [0.2, 0.25) is 0 Å². The minimum atomic E-state index is 0.179. The fourth-order valence-corrected chi connectivity index (χ4v) is 2.25. The molecule has 1 amide bonds. The van der Waals surface area contributed by atoms with Gasteiger partial charge in [-0.05, 0) is 25.1 Å². The number of amides is 1. The standard InChI is InChI=1S/C14H20N2O.C2H6/c1-3-15-8-10-16(11-9-15)14(17)13-7-5-4-6-12(13)2;1-2/h4-7H,3,8-11H2,1-2H3;1-2H3. The van der Waals surface area contributed by atoms with Gasteiger partial charge in [0.25, 0.3) is 5.91 Å². The van der Waals surface area contributed by atoms with Gasteiger partial charge in [0.2, 0.25) is 0 Å². The Hall–Kier alpha value is -1.35. The van der Waals surface area contributed by atoms with E-state index in [0.29, 0.717) is 0 Å². The van der Waals surface area contributed by atoms with Crippen LogP contribution in [0.5, 0.6) is 0 Å². The fraction of sp³-hybridized carbons (Fsp3) is 0.562. The average molecular weight is 262 g/mol. The summed E-state index contributed by atoms with van der Waals surface area (Å²) in [6.07, 6.45) is 0. The Morgan fingerprint density at radius 2 is 1.68 bits per heavy atom. The van der Waals surface area contributed by atoms with Crippen LogP contribution in [-0.2, 0) is 0 Å². The first-order valence-electron chi connectivity index (χ1n) is 7.29. The number of hydrogen-bond acceptors (Lipinski definition) is 2. The number of carbonyl (C=O) groups is 1. The Balaban J connectivity index is 0.000000861. The van der Waals surface area contributed by atoms with Crippen LogP contribution in [0.4, 0.5) is 0 Å². The summed E-state index contributed by atoms with van der Waals surface area (Å²) >= 11 is 0. The van der Waals surface area contributed by atoms with Gasteiger partial charge < -0.3 is 9.80 Å². The van der Waals surface area contributed by atoms with Crippen molar-refractivity contribution in [2.24, 2.45) is 0 Å². The largest absolute Gasteiger partial charge is 0.336 e. The van der Waals surface area contributed by atoms with Crippen LogP contribution in [0.3, 0.4) is 0 Å². The molecule has 1 heterocycles. The van der Waals surface area contributed by atoms with Gasteiger partial charge in [0.1, 0.15) is 0 Å². The zero-order valence-corrected chi connectivity index (χ0v) is 12.6. The summed E-state index contributed by atoms with van der Waals surface area (Å²) in [6.45, 7) is 12.9. The third-order valence-corrected chi connectivity index (χ3v) is 3.48. The lowest BCUT2D eigenvalue weighted by Gasteiger charge is -2.34. The Kier molecular flexibility index (Phi) is 6.57. The molecule has 0 N–H and O–H groups in total. The molecule has 3 nitrogen and oxygen atoms in total. The smallest absolute Gasteiger partial charge is 0.254 e. The third kappa shape index (κ3) is 4.06. The van der Waals surface area contributed by atoms with Gasteiger partial charge in [-0.3, -0.25) is 4.79 Å². The molecule has 0 bridgehead atoms. The molecular formula is C16H26N2O. The van der Waals surface area contributed by atoms with Crippen LogP contribution in [0, 0.1) is 6.92 Å². The number of piperazine rings is 1. The quantitative estimate of drug-likeness (QED) is 0.818. The molecule has 0 aliphatic carbocycles. The van der Waals surface area contributed by atoms with Crippen LogP contribution in [0.15, 0.2) is 24.3 Å². The van der Waals surface area contributed by atoms with Crippen LogP contribution in [0.25, 0.3) is 0 Å². The van der Waals surface area contributed by atoms with Crippen molar-refractivity contribution in [3.05, 3.63) is 35.4 Å². The molecule has 1 aliphatic rings. The average Bonchev–Trinajstić information content (AvgIpc) is 2.49. The van der Waals surface area contributed by atoms with E-state index in [1.807, 2.05) is 49.9 Å². The number of rotatable bonds is 2. The Morgan fingerprint density at radius 3 is 2.21 bits per heavy atom. The van der Waals surface area contributed by atoms with E-state index in [2.05, 4.69) is 11.8 Å². The van der Waals surface area contributed by atoms with Crippen molar-refractivity contribution in [3.8, 4) is 0 Å². The van der Waals surface area contributed by atoms with Crippen molar-refractivity contribution in [3.63, 3.8) is 0 Å². The van der Waals surface area contributed by atoms with Gasteiger partial charge in [-0.2, -0.15) is 0 Å². The fourth-order valence-electron chi connectivity index (χ4n) is 2.25. The first kappa shape index (κ1) is 15.7. The molecule has 1 fully saturated rings. The van der Waals surface area contributed by atoms with Crippen LogP contribution in [0.1, 0.15) is 36.7 Å². The van der Waals surface area contributed by atoms with Crippen molar-refractivity contribution in [1.82, 2.24) is 9.80 Å². The van der Waals surface area contributed by atoms with E-state index < -0.39 is 0 Å². The van der Waals surface area contributed by atoms with Gasteiger partial charge in [0.15, 0.2) is 0 Å². The van der Waals surface area contributed by atoms with E-state index >= 15 is 0 Å². The van der Waals surface area contributed by atoms with Crippen molar-refractivity contribution < 1.29 is 4.79 Å². The van der Waals surface area contributed by atoms with Crippen LogP contribution >= 0.6 is 0 Å². The molecule has 106 valence electrons. The van der Waals surface area contributed by atoms with Gasteiger partial charge >= 0.3 is 0 Å². The van der Waals surface area contributed by atoms with Gasteiger partial charge in [0, 0.05) is 31.7 Å². The van der Waals surface area contributed by atoms with Gasteiger partial charge in [-0.15, -0.1) is 0 Å². The SMILES string of the molecule is CC.CCN1CCN(C(=O)c2ccccc2C)CC1. The molecule has 0 aromatic heterocycles. The molecular weight excluding hydrogens is 236 g/mol. The maximum atomic E-state index is 12.3. The van der Waals surface area contributed by atoms with E-state index in [-0.39, 0.29) is 5.91 Å². The highest BCUT2D eigenvalue weighted by atomic mass is 16.2. The van der Waals surface area contributed by atoms with E-state index in [4.69, 9.17) is 0 Å². The summed E-state index contributed by atoms with van der Waals surface area (Å²) in [5.74, 6) is 0.179. The summed E-state index contributed by atoms with van der Waals surface area (Å²) in [5.41, 5.74) is 1.91. The normalized spacial score (nSPS) is 15.7. The van der Waals surface area contributed by atoms with Gasteiger partial charge in [0.05, 0.1) is 0 Å². The zero-order chi connectivity index (χ0) is 14.3. The van der Waals surface area contributed by atoms with Crippen molar-refractivity contribution in [2.75, 3.05) is 32.7 Å². The van der Waals surface area contributed by atoms with Gasteiger partial charge in [-0.25, -0.2) is 0 Å². The number of benzene rings is 1. The first-order chi connectivity index (χ1) is 9.22. The predicted octanol–water partition coefficient (Wildman–Crippen LogP) is 2.80. The lowest BCUT2D eigenvalue weighted by molar-refractivity contribution is 0.0642. The minimum absolute atomic E-state index is 0.179. The molecule has 0 unspecified atom stereocenters. The molecule has 3 heteroatoms. The number of hydrogen-bond donors (Lipinski definition) is 0. The maximum Gasteiger partial charge on any atom is 0.254 e. The van der Waals surface area contributed by atoms with Crippen molar-refractivity contribution in [2.45, 2.75) is 27.7 Å². The zero-order valence-electron chi connectivity index (χ0n) is 12.6. The molecule has 0 spiro atoms. The highest BCUT2D eigenvalue weighted by molar-refractivity contribution is 5.95. The summed E-state index contributed by atoms with van der Waals surface area (Å²) in [5, 5.41) is 0. The monoisotopic (exact) mass is 262 g/mol. The molecule has 2 rings (SSSR count). The summed E-state index contributed by atoms with van der Waals surface area (Å²) < 4.78 is 0. The number of carbonyl (C=O) groups excluding carboxylic acids is 1. The lowest BCUT2D eigenvalue weighted by Crippen LogP contribution is -2.48. The topological polar surface area (TPSA) is 23.6 Å². The first-order valence-corrected chi connectivity index (χ1v) is 7.29. The van der Waals surface area contributed by atoms with E-state index in [9.17, 15) is 4.79 Å². The Labute approximate surface area is 117 Å². The number of aryl methyl sites for hydroxylation is 1. The van der Waals surface area contributed by atoms with Gasteiger partial charge in [-0.1, -0.05) is 39.0 Å².